The Hall–Kier alpha value is -2.71. The fourth-order valence-electron chi connectivity index (χ4n) is 3.56. The Kier molecular flexibility index (Phi) is 5.85. The van der Waals surface area contributed by atoms with Gasteiger partial charge in [-0.25, -0.2) is 9.80 Å². The predicted molar refractivity (Wildman–Crippen MR) is 128 cm³/mol. The van der Waals surface area contributed by atoms with Gasteiger partial charge in [-0.3, -0.25) is 4.79 Å². The number of para-hydroxylation sites is 1. The lowest BCUT2D eigenvalue weighted by Crippen LogP contribution is -2.49. The summed E-state index contributed by atoms with van der Waals surface area (Å²) in [6.07, 6.45) is 0. The molecular formula is C23H23N3O3S2. The number of hydrogen-bond acceptors (Lipinski definition) is 8. The van der Waals surface area contributed by atoms with Crippen LogP contribution in [0.1, 0.15) is 26.3 Å². The van der Waals surface area contributed by atoms with Crippen LogP contribution in [0.3, 0.4) is 0 Å². The Morgan fingerprint density at radius 2 is 1.74 bits per heavy atom. The first-order valence-electron chi connectivity index (χ1n) is 9.95. The molecule has 0 N–H and O–H groups in total. The van der Waals surface area contributed by atoms with Crippen LogP contribution in [0.2, 0.25) is 0 Å². The zero-order chi connectivity index (χ0) is 22.2. The van der Waals surface area contributed by atoms with Gasteiger partial charge in [-0.05, 0) is 62.4 Å². The van der Waals surface area contributed by atoms with Crippen molar-refractivity contribution in [1.29, 1.82) is 0 Å². The molecule has 0 amide bonds. The minimum Gasteiger partial charge on any atom is -0.462 e. The topological polar surface area (TPSA) is 62.2 Å². The van der Waals surface area contributed by atoms with Crippen LogP contribution in [-0.4, -0.2) is 27.7 Å². The molecule has 0 bridgehead atoms. The van der Waals surface area contributed by atoms with Crippen LogP contribution in [-0.2, 0) is 14.3 Å². The van der Waals surface area contributed by atoms with Gasteiger partial charge in [0, 0.05) is 18.3 Å². The molecule has 1 atom stereocenters. The smallest absolute Gasteiger partial charge is 0.346 e. The SMILES string of the molecule is CCOC(=O)C1=C(C)N(c2ccccc2)[C@]2(SC(C(C)=O)=NN2c2cccc(C)c2)S1. The van der Waals surface area contributed by atoms with E-state index in [1.54, 1.807) is 6.92 Å². The second-order valence-electron chi connectivity index (χ2n) is 7.17. The molecule has 0 saturated heterocycles. The third-order valence-corrected chi connectivity index (χ3v) is 7.86. The standard InChI is InChI=1S/C23H23N3O3S2/c1-5-29-22(28)20-16(3)25(18-11-7-6-8-12-18)23(30-20)26(24-21(31-23)17(4)27)19-13-9-10-15(2)14-19/h6-14H,5H2,1-4H3/t23-/m1/s1. The van der Waals surface area contributed by atoms with E-state index in [0.29, 0.717) is 16.6 Å². The molecule has 160 valence electrons. The number of ketones is 1. The van der Waals surface area contributed by atoms with Crippen LogP contribution in [0.25, 0.3) is 0 Å². The number of nitrogens with zero attached hydrogens (tertiary/aromatic N) is 3. The van der Waals surface area contributed by atoms with Gasteiger partial charge in [0.25, 0.3) is 0 Å². The number of hydrogen-bond donors (Lipinski definition) is 0. The maximum Gasteiger partial charge on any atom is 0.346 e. The number of thioether (sulfide) groups is 2. The lowest BCUT2D eigenvalue weighted by molar-refractivity contribution is -0.137. The molecule has 0 aromatic heterocycles. The van der Waals surface area contributed by atoms with E-state index >= 15 is 0 Å². The van der Waals surface area contributed by atoms with E-state index < -0.39 is 4.33 Å². The van der Waals surface area contributed by atoms with Crippen molar-refractivity contribution in [2.24, 2.45) is 5.10 Å². The molecule has 0 fully saturated rings. The van der Waals surface area contributed by atoms with Gasteiger partial charge in [0.05, 0.1) is 12.3 Å². The van der Waals surface area contributed by atoms with Gasteiger partial charge in [0.15, 0.2) is 10.8 Å². The van der Waals surface area contributed by atoms with Gasteiger partial charge in [0.1, 0.15) is 4.91 Å². The van der Waals surface area contributed by atoms with Crippen molar-refractivity contribution in [2.75, 3.05) is 16.5 Å². The Morgan fingerprint density at radius 1 is 1.03 bits per heavy atom. The number of allylic oxidation sites excluding steroid dienone is 1. The molecule has 6 nitrogen and oxygen atoms in total. The number of carbonyl (C=O) groups is 2. The molecule has 0 unspecified atom stereocenters. The summed E-state index contributed by atoms with van der Waals surface area (Å²) in [5.41, 5.74) is 3.58. The summed E-state index contributed by atoms with van der Waals surface area (Å²) in [6, 6.07) is 17.8. The van der Waals surface area contributed by atoms with E-state index in [0.717, 1.165) is 22.6 Å². The number of benzene rings is 2. The fourth-order valence-corrected chi connectivity index (χ4v) is 6.51. The van der Waals surface area contributed by atoms with E-state index in [-0.39, 0.29) is 11.8 Å². The summed E-state index contributed by atoms with van der Waals surface area (Å²) < 4.78 is 4.44. The number of anilines is 2. The highest BCUT2D eigenvalue weighted by molar-refractivity contribution is 8.29. The number of carbonyl (C=O) groups excluding carboxylic acids is 2. The number of ether oxygens (including phenoxy) is 1. The molecule has 2 aromatic carbocycles. The zero-order valence-corrected chi connectivity index (χ0v) is 19.4. The molecule has 0 aliphatic carbocycles. The van der Waals surface area contributed by atoms with Crippen molar-refractivity contribution in [1.82, 2.24) is 0 Å². The Morgan fingerprint density at radius 3 is 2.39 bits per heavy atom. The fraction of sp³-hybridized carbons (Fsp3) is 0.261. The van der Waals surface area contributed by atoms with Crippen LogP contribution in [0.4, 0.5) is 11.4 Å². The highest BCUT2D eigenvalue weighted by atomic mass is 32.2. The normalized spacial score (nSPS) is 20.5. The van der Waals surface area contributed by atoms with Crippen molar-refractivity contribution in [3.05, 3.63) is 70.8 Å². The first-order chi connectivity index (χ1) is 14.9. The van der Waals surface area contributed by atoms with Gasteiger partial charge < -0.3 is 9.64 Å². The van der Waals surface area contributed by atoms with Crippen LogP contribution in [0.5, 0.6) is 0 Å². The summed E-state index contributed by atoms with van der Waals surface area (Å²) in [6.45, 7) is 7.51. The number of esters is 1. The van der Waals surface area contributed by atoms with Gasteiger partial charge in [0.2, 0.25) is 4.33 Å². The third kappa shape index (κ3) is 3.74. The molecule has 8 heteroatoms. The number of Topliss-reactive ketones (excluding diaryl/α,β-unsaturated/α-hetero) is 1. The molecule has 2 aromatic rings. The van der Waals surface area contributed by atoms with Crippen LogP contribution in [0.15, 0.2) is 70.3 Å². The van der Waals surface area contributed by atoms with Crippen LogP contribution >= 0.6 is 23.5 Å². The molecule has 2 aliphatic heterocycles. The van der Waals surface area contributed by atoms with Crippen LogP contribution in [0, 0.1) is 6.92 Å². The Bertz CT molecular complexity index is 1100. The van der Waals surface area contributed by atoms with Crippen molar-refractivity contribution in [3.63, 3.8) is 0 Å². The quantitative estimate of drug-likeness (QED) is 0.583. The van der Waals surface area contributed by atoms with Crippen molar-refractivity contribution >= 4 is 51.7 Å². The average Bonchev–Trinajstić information content (AvgIpc) is 3.27. The summed E-state index contributed by atoms with van der Waals surface area (Å²) in [7, 11) is 0. The highest BCUT2D eigenvalue weighted by Crippen LogP contribution is 2.60. The van der Waals surface area contributed by atoms with Crippen molar-refractivity contribution < 1.29 is 14.3 Å². The Labute approximate surface area is 190 Å². The second kappa shape index (κ2) is 8.43. The molecule has 0 radical (unpaired) electrons. The molecular weight excluding hydrogens is 430 g/mol. The zero-order valence-electron chi connectivity index (χ0n) is 17.8. The van der Waals surface area contributed by atoms with Gasteiger partial charge in [-0.2, -0.15) is 5.10 Å². The van der Waals surface area contributed by atoms with Crippen molar-refractivity contribution in [3.8, 4) is 0 Å². The first kappa shape index (κ1) is 21.5. The monoisotopic (exact) mass is 453 g/mol. The average molecular weight is 454 g/mol. The number of hydrazone groups is 1. The molecule has 2 aliphatic rings. The molecule has 4 rings (SSSR count). The van der Waals surface area contributed by atoms with E-state index in [4.69, 9.17) is 9.84 Å². The predicted octanol–water partition coefficient (Wildman–Crippen LogP) is 5.11. The summed E-state index contributed by atoms with van der Waals surface area (Å²) in [4.78, 5) is 27.8. The van der Waals surface area contributed by atoms with E-state index in [2.05, 4.69) is 4.90 Å². The van der Waals surface area contributed by atoms with Gasteiger partial charge in [-0.15, -0.1) is 0 Å². The van der Waals surface area contributed by atoms with E-state index in [1.165, 1.54) is 30.4 Å². The molecule has 2 heterocycles. The maximum atomic E-state index is 12.8. The van der Waals surface area contributed by atoms with E-state index in [1.807, 2.05) is 73.5 Å². The molecule has 31 heavy (non-hydrogen) atoms. The maximum absolute atomic E-state index is 12.8. The number of aryl methyl sites for hydroxylation is 1. The van der Waals surface area contributed by atoms with Crippen molar-refractivity contribution in [2.45, 2.75) is 32.0 Å². The lowest BCUT2D eigenvalue weighted by Gasteiger charge is -2.41. The van der Waals surface area contributed by atoms with E-state index in [9.17, 15) is 9.59 Å². The summed E-state index contributed by atoms with van der Waals surface area (Å²) in [5.74, 6) is -0.487. The largest absolute Gasteiger partial charge is 0.462 e. The summed E-state index contributed by atoms with van der Waals surface area (Å²) in [5, 5.41) is 6.94. The van der Waals surface area contributed by atoms with Gasteiger partial charge in [-0.1, -0.05) is 42.1 Å². The Balaban J connectivity index is 1.90. The first-order valence-corrected chi connectivity index (χ1v) is 11.6. The minimum atomic E-state index is -0.900. The third-order valence-electron chi connectivity index (χ3n) is 4.89. The lowest BCUT2D eigenvalue weighted by atomic mass is 10.2. The molecule has 1 spiro atoms. The minimum absolute atomic E-state index is 0.115. The van der Waals surface area contributed by atoms with Crippen LogP contribution < -0.4 is 9.91 Å². The second-order valence-corrected chi connectivity index (χ2v) is 9.77. The highest BCUT2D eigenvalue weighted by Gasteiger charge is 2.57. The molecule has 0 saturated carbocycles. The van der Waals surface area contributed by atoms with Gasteiger partial charge >= 0.3 is 5.97 Å². The summed E-state index contributed by atoms with van der Waals surface area (Å²) >= 11 is 2.71. The number of rotatable bonds is 5.